The molecule has 1 fully saturated rings. The van der Waals surface area contributed by atoms with Gasteiger partial charge in [-0.05, 0) is 31.5 Å². The molecule has 1 saturated heterocycles. The molecule has 2 unspecified atom stereocenters. The second-order valence-electron chi connectivity index (χ2n) is 5.45. The van der Waals surface area contributed by atoms with E-state index in [2.05, 4.69) is 55.4 Å². The van der Waals surface area contributed by atoms with Crippen LogP contribution in [0.15, 0.2) is 24.3 Å². The minimum Gasteiger partial charge on any atom is -0.381 e. The molecule has 0 aliphatic carbocycles. The van der Waals surface area contributed by atoms with Crippen molar-refractivity contribution in [1.29, 1.82) is 0 Å². The van der Waals surface area contributed by atoms with Crippen molar-refractivity contribution in [2.75, 3.05) is 38.3 Å². The first-order chi connectivity index (χ1) is 9.22. The van der Waals surface area contributed by atoms with Crippen molar-refractivity contribution < 1.29 is 4.74 Å². The van der Waals surface area contributed by atoms with Gasteiger partial charge in [0.1, 0.15) is 0 Å². The van der Waals surface area contributed by atoms with Crippen LogP contribution >= 0.6 is 0 Å². The van der Waals surface area contributed by atoms with Crippen molar-refractivity contribution in [3.05, 3.63) is 29.8 Å². The molecule has 0 bridgehead atoms. The van der Waals surface area contributed by atoms with Crippen molar-refractivity contribution in [3.8, 4) is 0 Å². The Bertz CT molecular complexity index is 392. The largest absolute Gasteiger partial charge is 0.381 e. The van der Waals surface area contributed by atoms with Gasteiger partial charge in [-0.2, -0.15) is 0 Å². The molecule has 3 heteroatoms. The highest BCUT2D eigenvalue weighted by molar-refractivity contribution is 5.52. The number of nitrogens with one attached hydrogen (secondary N) is 1. The van der Waals surface area contributed by atoms with E-state index >= 15 is 0 Å². The first kappa shape index (κ1) is 14.4. The summed E-state index contributed by atoms with van der Waals surface area (Å²) in [4.78, 5) is 2.36. The third kappa shape index (κ3) is 3.71. The normalized spacial score (nSPS) is 23.3. The fourth-order valence-corrected chi connectivity index (χ4v) is 2.95. The maximum absolute atomic E-state index is 5.66. The number of hydrogen-bond donors (Lipinski definition) is 1. The fraction of sp³-hybridized carbons (Fsp3) is 0.625. The van der Waals surface area contributed by atoms with E-state index in [1.807, 2.05) is 0 Å². The molecule has 2 rings (SSSR count). The van der Waals surface area contributed by atoms with E-state index in [0.717, 1.165) is 32.7 Å². The Morgan fingerprint density at radius 3 is 2.89 bits per heavy atom. The first-order valence-corrected chi connectivity index (χ1v) is 7.30. The molecule has 0 aromatic heterocycles. The number of ether oxygens (including phenoxy) is 1. The summed E-state index contributed by atoms with van der Waals surface area (Å²) < 4.78 is 5.66. The Morgan fingerprint density at radius 2 is 2.16 bits per heavy atom. The molecule has 2 atom stereocenters. The molecule has 1 aromatic rings. The van der Waals surface area contributed by atoms with Crippen LogP contribution in [-0.2, 0) is 4.74 Å². The van der Waals surface area contributed by atoms with E-state index in [9.17, 15) is 0 Å². The Kier molecular flexibility index (Phi) is 5.23. The molecule has 0 amide bonds. The van der Waals surface area contributed by atoms with Crippen LogP contribution in [0.5, 0.6) is 0 Å². The molecule has 106 valence electrons. The SMILES string of the molecule is CCNC1CCOCC1CN(C)c1ccccc1C. The molecule has 0 radical (unpaired) electrons. The number of anilines is 1. The van der Waals surface area contributed by atoms with E-state index in [0.29, 0.717) is 12.0 Å². The summed E-state index contributed by atoms with van der Waals surface area (Å²) in [5.74, 6) is 0.568. The topological polar surface area (TPSA) is 24.5 Å². The smallest absolute Gasteiger partial charge is 0.0526 e. The number of rotatable bonds is 5. The van der Waals surface area contributed by atoms with Crippen LogP contribution in [0.3, 0.4) is 0 Å². The summed E-state index contributed by atoms with van der Waals surface area (Å²) in [6.07, 6.45) is 1.13. The lowest BCUT2D eigenvalue weighted by Gasteiger charge is -2.35. The third-order valence-electron chi connectivity index (χ3n) is 3.98. The maximum Gasteiger partial charge on any atom is 0.0526 e. The van der Waals surface area contributed by atoms with Crippen LogP contribution < -0.4 is 10.2 Å². The highest BCUT2D eigenvalue weighted by atomic mass is 16.5. The van der Waals surface area contributed by atoms with Crippen LogP contribution in [-0.4, -0.2) is 39.4 Å². The number of hydrogen-bond acceptors (Lipinski definition) is 3. The molecule has 1 aliphatic heterocycles. The average Bonchev–Trinajstić information content (AvgIpc) is 2.41. The predicted molar refractivity (Wildman–Crippen MR) is 80.8 cm³/mol. The van der Waals surface area contributed by atoms with Gasteiger partial charge < -0.3 is 15.0 Å². The van der Waals surface area contributed by atoms with Gasteiger partial charge in [-0.25, -0.2) is 0 Å². The molecule has 19 heavy (non-hydrogen) atoms. The molecule has 1 heterocycles. The number of benzene rings is 1. The van der Waals surface area contributed by atoms with Crippen molar-refractivity contribution in [1.82, 2.24) is 5.32 Å². The van der Waals surface area contributed by atoms with Crippen LogP contribution in [0.4, 0.5) is 5.69 Å². The maximum atomic E-state index is 5.66. The lowest BCUT2D eigenvalue weighted by atomic mass is 9.95. The molecule has 1 N–H and O–H groups in total. The van der Waals surface area contributed by atoms with E-state index in [1.54, 1.807) is 0 Å². The zero-order valence-electron chi connectivity index (χ0n) is 12.4. The standard InChI is InChI=1S/C16H26N2O/c1-4-17-15-9-10-19-12-14(15)11-18(3)16-8-6-5-7-13(16)2/h5-8,14-15,17H,4,9-12H2,1-3H3. The first-order valence-electron chi connectivity index (χ1n) is 7.30. The van der Waals surface area contributed by atoms with Crippen LogP contribution in [0.1, 0.15) is 18.9 Å². The third-order valence-corrected chi connectivity index (χ3v) is 3.98. The summed E-state index contributed by atoms with van der Waals surface area (Å²) in [5.41, 5.74) is 2.66. The lowest BCUT2D eigenvalue weighted by molar-refractivity contribution is 0.0355. The van der Waals surface area contributed by atoms with Crippen molar-refractivity contribution in [3.63, 3.8) is 0 Å². The Hall–Kier alpha value is -1.06. The van der Waals surface area contributed by atoms with Gasteiger partial charge in [0.25, 0.3) is 0 Å². The lowest BCUT2D eigenvalue weighted by Crippen LogP contribution is -2.47. The monoisotopic (exact) mass is 262 g/mol. The van der Waals surface area contributed by atoms with Crippen molar-refractivity contribution >= 4 is 5.69 Å². The van der Waals surface area contributed by atoms with Gasteiger partial charge in [0.15, 0.2) is 0 Å². The second kappa shape index (κ2) is 6.92. The summed E-state index contributed by atoms with van der Waals surface area (Å²) in [6, 6.07) is 9.16. The van der Waals surface area contributed by atoms with Gasteiger partial charge in [0, 0.05) is 37.8 Å². The molecular weight excluding hydrogens is 236 g/mol. The van der Waals surface area contributed by atoms with Gasteiger partial charge in [-0.1, -0.05) is 25.1 Å². The van der Waals surface area contributed by atoms with Gasteiger partial charge in [-0.3, -0.25) is 0 Å². The van der Waals surface area contributed by atoms with E-state index in [-0.39, 0.29) is 0 Å². The van der Waals surface area contributed by atoms with Crippen LogP contribution in [0.2, 0.25) is 0 Å². The molecular formula is C16H26N2O. The predicted octanol–water partition coefficient (Wildman–Crippen LogP) is 2.45. The van der Waals surface area contributed by atoms with Crippen molar-refractivity contribution in [2.24, 2.45) is 5.92 Å². The zero-order chi connectivity index (χ0) is 13.7. The molecule has 1 aliphatic rings. The average molecular weight is 262 g/mol. The highest BCUT2D eigenvalue weighted by Crippen LogP contribution is 2.22. The Morgan fingerprint density at radius 1 is 1.37 bits per heavy atom. The summed E-state index contributed by atoms with van der Waals surface area (Å²) in [6.45, 7) is 8.19. The minimum absolute atomic E-state index is 0.568. The highest BCUT2D eigenvalue weighted by Gasteiger charge is 2.26. The second-order valence-corrected chi connectivity index (χ2v) is 5.45. The Labute approximate surface area is 116 Å². The minimum atomic E-state index is 0.568. The summed E-state index contributed by atoms with van der Waals surface area (Å²) in [5, 5.41) is 3.60. The summed E-state index contributed by atoms with van der Waals surface area (Å²) in [7, 11) is 2.18. The van der Waals surface area contributed by atoms with Crippen LogP contribution in [0.25, 0.3) is 0 Å². The zero-order valence-corrected chi connectivity index (χ0v) is 12.4. The fourth-order valence-electron chi connectivity index (χ4n) is 2.95. The summed E-state index contributed by atoms with van der Waals surface area (Å²) >= 11 is 0. The van der Waals surface area contributed by atoms with E-state index < -0.39 is 0 Å². The van der Waals surface area contributed by atoms with Gasteiger partial charge in [-0.15, -0.1) is 0 Å². The number of aryl methyl sites for hydroxylation is 1. The number of para-hydroxylation sites is 1. The Balaban J connectivity index is 2.00. The molecule has 0 saturated carbocycles. The van der Waals surface area contributed by atoms with Gasteiger partial charge in [0.2, 0.25) is 0 Å². The number of nitrogens with zero attached hydrogens (tertiary/aromatic N) is 1. The molecule has 3 nitrogen and oxygen atoms in total. The van der Waals surface area contributed by atoms with Gasteiger partial charge in [0.05, 0.1) is 6.61 Å². The molecule has 1 aromatic carbocycles. The van der Waals surface area contributed by atoms with E-state index in [1.165, 1.54) is 11.3 Å². The van der Waals surface area contributed by atoms with Gasteiger partial charge >= 0.3 is 0 Å². The van der Waals surface area contributed by atoms with Crippen LogP contribution in [0, 0.1) is 12.8 Å². The van der Waals surface area contributed by atoms with E-state index in [4.69, 9.17) is 4.74 Å². The van der Waals surface area contributed by atoms with Crippen molar-refractivity contribution in [2.45, 2.75) is 26.3 Å². The molecule has 0 spiro atoms. The quantitative estimate of drug-likeness (QED) is 0.882.